The molecule has 0 aliphatic heterocycles. The van der Waals surface area contributed by atoms with Gasteiger partial charge in [-0.15, -0.1) is 0 Å². The Bertz CT molecular complexity index is 1130. The van der Waals surface area contributed by atoms with E-state index in [0.717, 1.165) is 11.1 Å². The Morgan fingerprint density at radius 1 is 1.03 bits per heavy atom. The van der Waals surface area contributed by atoms with Crippen molar-refractivity contribution in [3.05, 3.63) is 89.0 Å². The number of alkyl carbamates (subject to hydrolysis) is 1. The van der Waals surface area contributed by atoms with Crippen LogP contribution in [0.25, 0.3) is 11.1 Å². The monoisotopic (exact) mass is 397 g/mol. The fraction of sp³-hybridized carbons (Fsp3) is 0.120. The predicted molar refractivity (Wildman–Crippen MR) is 113 cm³/mol. The molecule has 2 N–H and O–H groups in total. The molecule has 1 aliphatic carbocycles. The van der Waals surface area contributed by atoms with Gasteiger partial charge in [-0.1, -0.05) is 60.4 Å². The quantitative estimate of drug-likeness (QED) is 0.514. The molecule has 30 heavy (non-hydrogen) atoms. The van der Waals surface area contributed by atoms with Gasteiger partial charge in [0.2, 0.25) is 0 Å². The largest absolute Gasteiger partial charge is 0.507 e. The van der Waals surface area contributed by atoms with Crippen LogP contribution in [0, 0.1) is 11.8 Å². The van der Waals surface area contributed by atoms with E-state index >= 15 is 0 Å². The lowest BCUT2D eigenvalue weighted by Gasteiger charge is -2.14. The summed E-state index contributed by atoms with van der Waals surface area (Å²) in [4.78, 5) is 22.9. The highest BCUT2D eigenvalue weighted by Crippen LogP contribution is 2.44. The van der Waals surface area contributed by atoms with Crippen LogP contribution in [0.1, 0.15) is 33.0 Å². The van der Waals surface area contributed by atoms with Crippen LogP contribution >= 0.6 is 0 Å². The number of benzene rings is 3. The normalized spacial score (nSPS) is 11.6. The number of fused-ring (bicyclic) bond motifs is 3. The molecule has 0 saturated carbocycles. The maximum atomic E-state index is 12.1. The first-order valence-electron chi connectivity index (χ1n) is 9.53. The van der Waals surface area contributed by atoms with Gasteiger partial charge in [0.1, 0.15) is 18.6 Å². The molecule has 0 spiro atoms. The van der Waals surface area contributed by atoms with E-state index < -0.39 is 6.09 Å². The standard InChI is InChI=1S/C25H19NO4/c27-15-17-11-12-24(28)18(14-17)6-5-13-26-25(29)30-16-23-21-9-3-1-7-19(21)20-8-2-4-10-22(20)23/h1-4,7-12,14-15,23,28H,13,16H2,(H,26,29). The third-order valence-corrected chi connectivity index (χ3v) is 5.04. The predicted octanol–water partition coefficient (Wildman–Crippen LogP) is 4.09. The summed E-state index contributed by atoms with van der Waals surface area (Å²) in [5.41, 5.74) is 5.39. The molecule has 0 radical (unpaired) electrons. The zero-order valence-electron chi connectivity index (χ0n) is 16.1. The molecule has 0 saturated heterocycles. The molecule has 0 heterocycles. The molecule has 0 aromatic heterocycles. The fourth-order valence-corrected chi connectivity index (χ4v) is 3.63. The van der Waals surface area contributed by atoms with Crippen LogP contribution in [-0.4, -0.2) is 30.6 Å². The number of aldehydes is 1. The number of nitrogens with one attached hydrogen (secondary N) is 1. The van der Waals surface area contributed by atoms with E-state index in [2.05, 4.69) is 41.4 Å². The summed E-state index contributed by atoms with van der Waals surface area (Å²) in [6.45, 7) is 0.289. The van der Waals surface area contributed by atoms with Crippen molar-refractivity contribution in [2.24, 2.45) is 0 Å². The van der Waals surface area contributed by atoms with Crippen LogP contribution in [0.4, 0.5) is 4.79 Å². The van der Waals surface area contributed by atoms with Crippen molar-refractivity contribution in [3.63, 3.8) is 0 Å². The van der Waals surface area contributed by atoms with Gasteiger partial charge in [0.05, 0.1) is 12.1 Å². The Kier molecular flexibility index (Phi) is 5.49. The lowest BCUT2D eigenvalue weighted by atomic mass is 9.98. The zero-order valence-corrected chi connectivity index (χ0v) is 16.1. The highest BCUT2D eigenvalue weighted by atomic mass is 16.5. The van der Waals surface area contributed by atoms with E-state index in [1.165, 1.54) is 29.3 Å². The van der Waals surface area contributed by atoms with E-state index in [0.29, 0.717) is 17.4 Å². The Labute approximate surface area is 174 Å². The molecule has 1 amide bonds. The number of hydrogen-bond donors (Lipinski definition) is 2. The molecule has 3 aromatic rings. The van der Waals surface area contributed by atoms with Crippen LogP contribution in [-0.2, 0) is 4.74 Å². The van der Waals surface area contributed by atoms with E-state index in [4.69, 9.17) is 4.74 Å². The summed E-state index contributed by atoms with van der Waals surface area (Å²) in [7, 11) is 0. The summed E-state index contributed by atoms with van der Waals surface area (Å²) in [6.07, 6.45) is 0.122. The second-order valence-corrected chi connectivity index (χ2v) is 6.88. The van der Waals surface area contributed by atoms with E-state index in [-0.39, 0.29) is 24.8 Å². The second-order valence-electron chi connectivity index (χ2n) is 6.88. The maximum Gasteiger partial charge on any atom is 0.407 e. The third-order valence-electron chi connectivity index (χ3n) is 5.04. The molecule has 0 fully saturated rings. The van der Waals surface area contributed by atoms with Crippen molar-refractivity contribution in [2.45, 2.75) is 5.92 Å². The molecule has 5 heteroatoms. The van der Waals surface area contributed by atoms with Crippen LogP contribution in [0.3, 0.4) is 0 Å². The molecular weight excluding hydrogens is 378 g/mol. The first kappa shape index (κ1) is 19.3. The van der Waals surface area contributed by atoms with Gasteiger partial charge < -0.3 is 15.2 Å². The molecular formula is C25H19NO4. The Hall–Kier alpha value is -4.04. The number of carbonyl (C=O) groups excluding carboxylic acids is 2. The summed E-state index contributed by atoms with van der Waals surface area (Å²) in [6, 6.07) is 20.7. The summed E-state index contributed by atoms with van der Waals surface area (Å²) < 4.78 is 5.44. The van der Waals surface area contributed by atoms with Crippen LogP contribution < -0.4 is 5.32 Å². The van der Waals surface area contributed by atoms with E-state index in [1.54, 1.807) is 0 Å². The van der Waals surface area contributed by atoms with Crippen molar-refractivity contribution in [3.8, 4) is 28.7 Å². The van der Waals surface area contributed by atoms with Crippen molar-refractivity contribution in [1.29, 1.82) is 0 Å². The molecule has 1 aliphatic rings. The van der Waals surface area contributed by atoms with E-state index in [1.807, 2.05) is 24.3 Å². The molecule has 0 unspecified atom stereocenters. The van der Waals surface area contributed by atoms with Gasteiger partial charge in [0.25, 0.3) is 0 Å². The number of ether oxygens (including phenoxy) is 1. The van der Waals surface area contributed by atoms with Crippen LogP contribution in [0.15, 0.2) is 66.7 Å². The highest BCUT2D eigenvalue weighted by molar-refractivity contribution is 5.79. The molecule has 0 atom stereocenters. The van der Waals surface area contributed by atoms with Gasteiger partial charge in [-0.2, -0.15) is 0 Å². The van der Waals surface area contributed by atoms with Gasteiger partial charge in [-0.3, -0.25) is 4.79 Å². The molecule has 3 aromatic carbocycles. The number of phenols is 1. The third kappa shape index (κ3) is 3.89. The smallest absolute Gasteiger partial charge is 0.407 e. The lowest BCUT2D eigenvalue weighted by molar-refractivity contribution is 0.112. The number of hydrogen-bond acceptors (Lipinski definition) is 4. The van der Waals surface area contributed by atoms with Crippen molar-refractivity contribution in [2.75, 3.05) is 13.2 Å². The van der Waals surface area contributed by atoms with Gasteiger partial charge in [-0.05, 0) is 40.5 Å². The van der Waals surface area contributed by atoms with Gasteiger partial charge >= 0.3 is 6.09 Å². The van der Waals surface area contributed by atoms with Gasteiger partial charge in [0, 0.05) is 11.5 Å². The number of amides is 1. The average molecular weight is 397 g/mol. The minimum atomic E-state index is -0.558. The topological polar surface area (TPSA) is 75.6 Å². The average Bonchev–Trinajstić information content (AvgIpc) is 3.10. The first-order chi connectivity index (χ1) is 14.7. The number of aromatic hydroxyl groups is 1. The van der Waals surface area contributed by atoms with Crippen LogP contribution in [0.5, 0.6) is 5.75 Å². The van der Waals surface area contributed by atoms with Crippen molar-refractivity contribution in [1.82, 2.24) is 5.32 Å². The minimum Gasteiger partial charge on any atom is -0.507 e. The van der Waals surface area contributed by atoms with E-state index in [9.17, 15) is 14.7 Å². The number of phenolic OH excluding ortho intramolecular Hbond substituents is 1. The molecule has 148 valence electrons. The first-order valence-corrected chi connectivity index (χ1v) is 9.53. The van der Waals surface area contributed by atoms with Gasteiger partial charge in [-0.25, -0.2) is 4.79 Å². The molecule has 5 nitrogen and oxygen atoms in total. The summed E-state index contributed by atoms with van der Waals surface area (Å²) >= 11 is 0. The lowest BCUT2D eigenvalue weighted by Crippen LogP contribution is -2.26. The molecule has 0 bridgehead atoms. The summed E-state index contributed by atoms with van der Waals surface area (Å²) in [5, 5.41) is 12.4. The van der Waals surface area contributed by atoms with Crippen LogP contribution in [0.2, 0.25) is 0 Å². The fourth-order valence-electron chi connectivity index (χ4n) is 3.63. The van der Waals surface area contributed by atoms with Crippen molar-refractivity contribution >= 4 is 12.4 Å². The SMILES string of the molecule is O=Cc1ccc(O)c(C#CCNC(=O)OCC2c3ccccc3-c3ccccc32)c1. The highest BCUT2D eigenvalue weighted by Gasteiger charge is 2.28. The summed E-state index contributed by atoms with van der Waals surface area (Å²) in [5.74, 6) is 5.46. The van der Waals surface area contributed by atoms with Crippen molar-refractivity contribution < 1.29 is 19.4 Å². The Balaban J connectivity index is 1.36. The Morgan fingerprint density at radius 3 is 2.37 bits per heavy atom. The van der Waals surface area contributed by atoms with Gasteiger partial charge in [0.15, 0.2) is 0 Å². The molecule has 4 rings (SSSR count). The Morgan fingerprint density at radius 2 is 1.70 bits per heavy atom. The number of carbonyl (C=O) groups is 2. The zero-order chi connectivity index (χ0) is 20.9. The number of rotatable bonds is 4. The maximum absolute atomic E-state index is 12.1. The minimum absolute atomic E-state index is 0.00253. The second kappa shape index (κ2) is 8.54.